The van der Waals surface area contributed by atoms with E-state index >= 15 is 0 Å². The average molecular weight is 514 g/mol. The van der Waals surface area contributed by atoms with Gasteiger partial charge in [0.1, 0.15) is 11.9 Å². The molecule has 2 saturated heterocycles. The Hall–Kier alpha value is -2.25. The summed E-state index contributed by atoms with van der Waals surface area (Å²) in [5.41, 5.74) is 6.71. The molecule has 2 aliphatic heterocycles. The minimum Gasteiger partial charge on any atom is -0.343 e. The fourth-order valence-corrected chi connectivity index (χ4v) is 5.97. The Morgan fingerprint density at radius 2 is 1.73 bits per heavy atom. The molecule has 2 amide bonds. The van der Waals surface area contributed by atoms with Crippen molar-refractivity contribution < 1.29 is 14.0 Å². The summed E-state index contributed by atoms with van der Waals surface area (Å²) in [5.74, 6) is -0.678. The molecule has 2 aromatic rings. The molecule has 7 heteroatoms. The Morgan fingerprint density at radius 3 is 2.33 bits per heavy atom. The molecule has 0 radical (unpaired) electrons. The number of hydrogen-bond donors (Lipinski definition) is 2. The third-order valence-electron chi connectivity index (χ3n) is 7.55. The number of nitrogens with two attached hydrogens (primary N) is 1. The lowest BCUT2D eigenvalue weighted by atomic mass is 9.92. The van der Waals surface area contributed by atoms with E-state index in [0.29, 0.717) is 24.8 Å². The first-order valence-electron chi connectivity index (χ1n) is 11.8. The first-order chi connectivity index (χ1) is 15.9. The van der Waals surface area contributed by atoms with Crippen molar-refractivity contribution in [3.8, 4) is 0 Å². The van der Waals surface area contributed by atoms with Crippen molar-refractivity contribution >= 4 is 27.7 Å². The zero-order valence-corrected chi connectivity index (χ0v) is 20.1. The second-order valence-corrected chi connectivity index (χ2v) is 10.7. The predicted octanol–water partition coefficient (Wildman–Crippen LogP) is 3.83. The molecule has 5 rings (SSSR count). The molecule has 3 unspecified atom stereocenters. The van der Waals surface area contributed by atoms with Crippen LogP contribution in [0.5, 0.6) is 0 Å². The zero-order valence-electron chi connectivity index (χ0n) is 18.5. The van der Waals surface area contributed by atoms with Crippen molar-refractivity contribution in [2.75, 3.05) is 0 Å². The lowest BCUT2D eigenvalue weighted by molar-refractivity contribution is -0.140. The quantitative estimate of drug-likeness (QED) is 0.616. The van der Waals surface area contributed by atoms with Crippen LogP contribution in [0.1, 0.15) is 49.7 Å². The topological polar surface area (TPSA) is 75.4 Å². The minimum absolute atomic E-state index is 0.0463. The average Bonchev–Trinajstić information content (AvgIpc) is 3.55. The fourth-order valence-electron chi connectivity index (χ4n) is 5.70. The molecule has 1 aliphatic carbocycles. The van der Waals surface area contributed by atoms with E-state index in [-0.39, 0.29) is 35.8 Å². The molecule has 1 saturated carbocycles. The monoisotopic (exact) mass is 513 g/mol. The van der Waals surface area contributed by atoms with Crippen molar-refractivity contribution in [3.05, 3.63) is 69.9 Å². The molecule has 3 atom stereocenters. The van der Waals surface area contributed by atoms with Crippen molar-refractivity contribution in [1.29, 1.82) is 0 Å². The first kappa shape index (κ1) is 22.5. The SMILES string of the molecule is NC1CC2CCC(C1)N2C(=O)C(Cc1ccc(Br)cc1)NC(=O)C1(c2ccccc2F)CC1. The molecule has 0 spiro atoms. The molecule has 2 bridgehead atoms. The number of fused-ring (bicyclic) bond motifs is 2. The van der Waals surface area contributed by atoms with Gasteiger partial charge < -0.3 is 16.0 Å². The summed E-state index contributed by atoms with van der Waals surface area (Å²) in [7, 11) is 0. The molecule has 3 N–H and O–H groups in total. The summed E-state index contributed by atoms with van der Waals surface area (Å²) < 4.78 is 15.5. The standard InChI is InChI=1S/C26H29BrFN3O2/c27-17-7-5-16(6-8-17)13-23(24(32)31-19-9-10-20(31)15-18(29)14-19)30-25(33)26(11-12-26)21-3-1-2-4-22(21)28/h1-8,18-20,23H,9-15,29H2,(H,30,33). The zero-order chi connectivity index (χ0) is 23.2. The van der Waals surface area contributed by atoms with Crippen molar-refractivity contribution in [2.45, 2.75) is 74.5 Å². The molecule has 2 heterocycles. The second kappa shape index (κ2) is 8.84. The van der Waals surface area contributed by atoms with Gasteiger partial charge in [0.2, 0.25) is 11.8 Å². The third-order valence-corrected chi connectivity index (χ3v) is 8.08. The van der Waals surface area contributed by atoms with Crippen LogP contribution in [0.15, 0.2) is 53.0 Å². The van der Waals surface area contributed by atoms with E-state index < -0.39 is 11.5 Å². The van der Waals surface area contributed by atoms with E-state index in [1.165, 1.54) is 6.07 Å². The van der Waals surface area contributed by atoms with Gasteiger partial charge in [0, 0.05) is 34.6 Å². The molecule has 3 fully saturated rings. The van der Waals surface area contributed by atoms with Gasteiger partial charge in [0.05, 0.1) is 5.41 Å². The van der Waals surface area contributed by atoms with Gasteiger partial charge >= 0.3 is 0 Å². The summed E-state index contributed by atoms with van der Waals surface area (Å²) in [5, 5.41) is 3.05. The second-order valence-electron chi connectivity index (χ2n) is 9.78. The van der Waals surface area contributed by atoms with Gasteiger partial charge in [0.15, 0.2) is 0 Å². The van der Waals surface area contributed by atoms with Crippen LogP contribution in [-0.2, 0) is 21.4 Å². The number of halogens is 2. The van der Waals surface area contributed by atoms with Crippen LogP contribution in [0.25, 0.3) is 0 Å². The Bertz CT molecular complexity index is 1040. The molecule has 174 valence electrons. The van der Waals surface area contributed by atoms with E-state index in [2.05, 4.69) is 21.2 Å². The van der Waals surface area contributed by atoms with Crippen LogP contribution in [-0.4, -0.2) is 40.9 Å². The van der Waals surface area contributed by atoms with Gasteiger partial charge in [-0.05, 0) is 62.3 Å². The summed E-state index contributed by atoms with van der Waals surface area (Å²) in [4.78, 5) is 29.3. The molecular weight excluding hydrogens is 485 g/mol. The van der Waals surface area contributed by atoms with E-state index in [0.717, 1.165) is 35.7 Å². The van der Waals surface area contributed by atoms with Crippen LogP contribution < -0.4 is 11.1 Å². The summed E-state index contributed by atoms with van der Waals surface area (Å²) in [6.07, 6.45) is 5.10. The molecule has 2 aromatic carbocycles. The Morgan fingerprint density at radius 1 is 1.09 bits per heavy atom. The van der Waals surface area contributed by atoms with Crippen molar-refractivity contribution in [2.24, 2.45) is 5.73 Å². The summed E-state index contributed by atoms with van der Waals surface area (Å²) >= 11 is 3.45. The Balaban J connectivity index is 1.41. The highest BCUT2D eigenvalue weighted by molar-refractivity contribution is 9.10. The summed E-state index contributed by atoms with van der Waals surface area (Å²) in [6, 6.07) is 13.9. The van der Waals surface area contributed by atoms with Gasteiger partial charge in [-0.3, -0.25) is 9.59 Å². The van der Waals surface area contributed by atoms with Gasteiger partial charge in [-0.2, -0.15) is 0 Å². The predicted molar refractivity (Wildman–Crippen MR) is 128 cm³/mol. The normalized spacial score (nSPS) is 26.0. The number of rotatable bonds is 6. The first-order valence-corrected chi connectivity index (χ1v) is 12.5. The third kappa shape index (κ3) is 4.33. The van der Waals surface area contributed by atoms with E-state index in [4.69, 9.17) is 5.73 Å². The number of benzene rings is 2. The van der Waals surface area contributed by atoms with Crippen LogP contribution >= 0.6 is 15.9 Å². The maximum Gasteiger partial charge on any atom is 0.245 e. The van der Waals surface area contributed by atoms with E-state index in [1.54, 1.807) is 18.2 Å². The molecule has 5 nitrogen and oxygen atoms in total. The highest BCUT2D eigenvalue weighted by Crippen LogP contribution is 2.49. The van der Waals surface area contributed by atoms with Crippen LogP contribution in [0.2, 0.25) is 0 Å². The minimum atomic E-state index is -0.882. The fraction of sp³-hybridized carbons (Fsp3) is 0.462. The number of piperidine rings is 1. The number of hydrogen-bond acceptors (Lipinski definition) is 3. The molecule has 33 heavy (non-hydrogen) atoms. The van der Waals surface area contributed by atoms with E-state index in [9.17, 15) is 14.0 Å². The number of nitrogens with zero attached hydrogens (tertiary/aromatic N) is 1. The lowest BCUT2D eigenvalue weighted by Gasteiger charge is -2.40. The van der Waals surface area contributed by atoms with Crippen molar-refractivity contribution in [1.82, 2.24) is 10.2 Å². The van der Waals surface area contributed by atoms with Gasteiger partial charge in [0.25, 0.3) is 0 Å². The maximum atomic E-state index is 14.5. The lowest BCUT2D eigenvalue weighted by Crippen LogP contribution is -2.58. The van der Waals surface area contributed by atoms with Gasteiger partial charge in [-0.1, -0.05) is 46.3 Å². The molecule has 3 aliphatic rings. The maximum absolute atomic E-state index is 14.5. The number of carbonyl (C=O) groups excluding carboxylic acids is 2. The van der Waals surface area contributed by atoms with Gasteiger partial charge in [-0.15, -0.1) is 0 Å². The Labute approximate surface area is 202 Å². The molecular formula is C26H29BrFN3O2. The highest BCUT2D eigenvalue weighted by atomic mass is 79.9. The van der Waals surface area contributed by atoms with Crippen molar-refractivity contribution in [3.63, 3.8) is 0 Å². The van der Waals surface area contributed by atoms with Crippen LogP contribution in [0, 0.1) is 5.82 Å². The Kier molecular flexibility index (Phi) is 6.04. The number of amides is 2. The highest BCUT2D eigenvalue weighted by Gasteiger charge is 2.54. The van der Waals surface area contributed by atoms with E-state index in [1.807, 2.05) is 29.2 Å². The summed E-state index contributed by atoms with van der Waals surface area (Å²) in [6.45, 7) is 0. The van der Waals surface area contributed by atoms with Crippen LogP contribution in [0.4, 0.5) is 4.39 Å². The van der Waals surface area contributed by atoms with Gasteiger partial charge in [-0.25, -0.2) is 4.39 Å². The largest absolute Gasteiger partial charge is 0.343 e. The van der Waals surface area contributed by atoms with Crippen LogP contribution in [0.3, 0.4) is 0 Å². The smallest absolute Gasteiger partial charge is 0.245 e. The number of carbonyl (C=O) groups is 2. The molecule has 0 aromatic heterocycles. The number of nitrogens with one attached hydrogen (secondary N) is 1.